The molecule has 0 bridgehead atoms. The SMILES string of the molecule is CCC(N)C(C)N(C)CCCN(C)C. The molecule has 0 spiro atoms. The van der Waals surface area contributed by atoms with Crippen LogP contribution in [0, 0.1) is 0 Å². The molecule has 0 aromatic heterocycles. The third-order valence-corrected chi connectivity index (χ3v) is 2.90. The Hall–Kier alpha value is -0.120. The summed E-state index contributed by atoms with van der Waals surface area (Å²) in [6.07, 6.45) is 2.27. The molecule has 0 fully saturated rings. The highest BCUT2D eigenvalue weighted by atomic mass is 15.1. The Kier molecular flexibility index (Phi) is 7.15. The van der Waals surface area contributed by atoms with E-state index in [9.17, 15) is 0 Å². The van der Waals surface area contributed by atoms with Crippen molar-refractivity contribution in [1.29, 1.82) is 0 Å². The van der Waals surface area contributed by atoms with E-state index in [1.807, 2.05) is 0 Å². The van der Waals surface area contributed by atoms with Crippen molar-refractivity contribution in [3.05, 3.63) is 0 Å². The maximum absolute atomic E-state index is 6.00. The van der Waals surface area contributed by atoms with Crippen LogP contribution in [0.3, 0.4) is 0 Å². The minimum absolute atomic E-state index is 0.305. The van der Waals surface area contributed by atoms with Crippen LogP contribution in [0.15, 0.2) is 0 Å². The second-order valence-corrected chi connectivity index (χ2v) is 4.45. The van der Waals surface area contributed by atoms with Crippen molar-refractivity contribution < 1.29 is 0 Å². The van der Waals surface area contributed by atoms with Crippen LogP contribution in [0.25, 0.3) is 0 Å². The van der Waals surface area contributed by atoms with Gasteiger partial charge in [-0.3, -0.25) is 0 Å². The minimum Gasteiger partial charge on any atom is -0.326 e. The molecule has 0 aliphatic rings. The molecule has 2 N–H and O–H groups in total. The van der Waals surface area contributed by atoms with Gasteiger partial charge in [0, 0.05) is 12.1 Å². The Balaban J connectivity index is 3.67. The van der Waals surface area contributed by atoms with Gasteiger partial charge in [-0.2, -0.15) is 0 Å². The van der Waals surface area contributed by atoms with E-state index in [2.05, 4.69) is 44.8 Å². The lowest BCUT2D eigenvalue weighted by atomic mass is 10.1. The van der Waals surface area contributed by atoms with E-state index >= 15 is 0 Å². The lowest BCUT2D eigenvalue weighted by Gasteiger charge is -2.29. The molecule has 0 saturated heterocycles. The van der Waals surface area contributed by atoms with E-state index in [0.717, 1.165) is 19.5 Å². The molecule has 2 atom stereocenters. The van der Waals surface area contributed by atoms with Crippen LogP contribution in [0.5, 0.6) is 0 Å². The molecule has 2 unspecified atom stereocenters. The summed E-state index contributed by atoms with van der Waals surface area (Å²) in [5.74, 6) is 0. The molecule has 0 saturated carbocycles. The molecule has 0 rings (SSSR count). The first-order valence-electron chi connectivity index (χ1n) is 5.59. The van der Waals surface area contributed by atoms with Gasteiger partial charge in [0.15, 0.2) is 0 Å². The van der Waals surface area contributed by atoms with Gasteiger partial charge in [-0.25, -0.2) is 0 Å². The van der Waals surface area contributed by atoms with Crippen molar-refractivity contribution in [2.75, 3.05) is 34.2 Å². The van der Waals surface area contributed by atoms with Crippen molar-refractivity contribution in [2.45, 2.75) is 38.8 Å². The fourth-order valence-electron chi connectivity index (χ4n) is 1.51. The van der Waals surface area contributed by atoms with Crippen molar-refractivity contribution in [2.24, 2.45) is 5.73 Å². The van der Waals surface area contributed by atoms with Gasteiger partial charge in [-0.15, -0.1) is 0 Å². The van der Waals surface area contributed by atoms with Crippen LogP contribution in [0.2, 0.25) is 0 Å². The second kappa shape index (κ2) is 7.21. The zero-order valence-electron chi connectivity index (χ0n) is 10.5. The van der Waals surface area contributed by atoms with Crippen molar-refractivity contribution in [1.82, 2.24) is 9.80 Å². The Morgan fingerprint density at radius 3 is 2.14 bits per heavy atom. The predicted molar refractivity (Wildman–Crippen MR) is 63.5 cm³/mol. The predicted octanol–water partition coefficient (Wildman–Crippen LogP) is 0.996. The third kappa shape index (κ3) is 5.58. The van der Waals surface area contributed by atoms with Gasteiger partial charge in [0.1, 0.15) is 0 Å². The number of rotatable bonds is 7. The first-order valence-corrected chi connectivity index (χ1v) is 5.59. The smallest absolute Gasteiger partial charge is 0.0215 e. The second-order valence-electron chi connectivity index (χ2n) is 4.45. The fourth-order valence-corrected chi connectivity index (χ4v) is 1.51. The summed E-state index contributed by atoms with van der Waals surface area (Å²) in [5.41, 5.74) is 6.00. The normalized spacial score (nSPS) is 16.3. The molecule has 0 heterocycles. The van der Waals surface area contributed by atoms with Crippen LogP contribution in [0.4, 0.5) is 0 Å². The van der Waals surface area contributed by atoms with Gasteiger partial charge in [0.05, 0.1) is 0 Å². The first kappa shape index (κ1) is 13.9. The molecular formula is C11H27N3. The van der Waals surface area contributed by atoms with Crippen molar-refractivity contribution >= 4 is 0 Å². The monoisotopic (exact) mass is 201 g/mol. The Labute approximate surface area is 89.2 Å². The van der Waals surface area contributed by atoms with E-state index in [4.69, 9.17) is 5.73 Å². The van der Waals surface area contributed by atoms with Crippen LogP contribution in [-0.4, -0.2) is 56.1 Å². The summed E-state index contributed by atoms with van der Waals surface area (Å²) in [7, 11) is 6.39. The van der Waals surface area contributed by atoms with Gasteiger partial charge < -0.3 is 15.5 Å². The topological polar surface area (TPSA) is 32.5 Å². The quantitative estimate of drug-likeness (QED) is 0.667. The zero-order valence-corrected chi connectivity index (χ0v) is 10.5. The number of nitrogens with zero attached hydrogens (tertiary/aromatic N) is 2. The molecule has 86 valence electrons. The Morgan fingerprint density at radius 1 is 1.14 bits per heavy atom. The Morgan fingerprint density at radius 2 is 1.71 bits per heavy atom. The van der Waals surface area contributed by atoms with Crippen LogP contribution < -0.4 is 5.73 Å². The highest BCUT2D eigenvalue weighted by Crippen LogP contribution is 2.03. The molecule has 3 nitrogen and oxygen atoms in total. The zero-order chi connectivity index (χ0) is 11.1. The summed E-state index contributed by atoms with van der Waals surface area (Å²) < 4.78 is 0. The summed E-state index contributed by atoms with van der Waals surface area (Å²) in [6, 6.07) is 0.793. The maximum Gasteiger partial charge on any atom is 0.0215 e. The Bertz CT molecular complexity index is 136. The highest BCUT2D eigenvalue weighted by Gasteiger charge is 2.14. The molecule has 0 amide bonds. The van der Waals surface area contributed by atoms with E-state index in [0.29, 0.717) is 12.1 Å². The summed E-state index contributed by atoms with van der Waals surface area (Å²) in [5, 5.41) is 0. The average Bonchev–Trinajstić information content (AvgIpc) is 2.14. The summed E-state index contributed by atoms with van der Waals surface area (Å²) in [6.45, 7) is 6.64. The number of hydrogen-bond donors (Lipinski definition) is 1. The highest BCUT2D eigenvalue weighted by molar-refractivity contribution is 4.75. The lowest BCUT2D eigenvalue weighted by molar-refractivity contribution is 0.212. The van der Waals surface area contributed by atoms with Gasteiger partial charge in [0.2, 0.25) is 0 Å². The van der Waals surface area contributed by atoms with E-state index in [-0.39, 0.29) is 0 Å². The molecular weight excluding hydrogens is 174 g/mol. The van der Waals surface area contributed by atoms with Gasteiger partial charge in [-0.05, 0) is 54.0 Å². The molecule has 0 radical (unpaired) electrons. The van der Waals surface area contributed by atoms with E-state index in [1.165, 1.54) is 6.42 Å². The molecule has 3 heteroatoms. The summed E-state index contributed by atoms with van der Waals surface area (Å²) in [4.78, 5) is 4.58. The van der Waals surface area contributed by atoms with E-state index in [1.54, 1.807) is 0 Å². The largest absolute Gasteiger partial charge is 0.326 e. The van der Waals surface area contributed by atoms with Gasteiger partial charge in [-0.1, -0.05) is 6.92 Å². The fraction of sp³-hybridized carbons (Fsp3) is 1.00. The van der Waals surface area contributed by atoms with Gasteiger partial charge >= 0.3 is 0 Å². The molecule has 0 aromatic rings. The minimum atomic E-state index is 0.305. The lowest BCUT2D eigenvalue weighted by Crippen LogP contribution is -2.44. The molecule has 0 aliphatic heterocycles. The first-order chi connectivity index (χ1) is 6.49. The van der Waals surface area contributed by atoms with Crippen molar-refractivity contribution in [3.63, 3.8) is 0 Å². The summed E-state index contributed by atoms with van der Waals surface area (Å²) >= 11 is 0. The molecule has 0 aliphatic carbocycles. The maximum atomic E-state index is 6.00. The third-order valence-electron chi connectivity index (χ3n) is 2.90. The number of likely N-dealkylation sites (N-methyl/N-ethyl adjacent to an activating group) is 1. The number of nitrogens with two attached hydrogens (primary N) is 1. The van der Waals surface area contributed by atoms with Crippen LogP contribution >= 0.6 is 0 Å². The average molecular weight is 201 g/mol. The molecule has 14 heavy (non-hydrogen) atoms. The van der Waals surface area contributed by atoms with E-state index < -0.39 is 0 Å². The standard InChI is InChI=1S/C11H27N3/c1-6-11(12)10(2)14(5)9-7-8-13(3)4/h10-11H,6-9,12H2,1-5H3. The molecule has 0 aromatic carbocycles. The van der Waals surface area contributed by atoms with Gasteiger partial charge in [0.25, 0.3) is 0 Å². The van der Waals surface area contributed by atoms with Crippen molar-refractivity contribution in [3.8, 4) is 0 Å². The number of hydrogen-bond acceptors (Lipinski definition) is 3. The van der Waals surface area contributed by atoms with Crippen LogP contribution in [0.1, 0.15) is 26.7 Å². The van der Waals surface area contributed by atoms with Crippen LogP contribution in [-0.2, 0) is 0 Å².